The van der Waals surface area contributed by atoms with Crippen LogP contribution in [-0.4, -0.2) is 50.2 Å². The molecule has 0 bridgehead atoms. The Morgan fingerprint density at radius 3 is 2.61 bits per heavy atom. The maximum absolute atomic E-state index is 12.7. The molecule has 1 aromatic carbocycles. The fourth-order valence-electron chi connectivity index (χ4n) is 2.93. The Hall–Kier alpha value is -2.88. The average molecular weight is 394 g/mol. The monoisotopic (exact) mass is 394 g/mol. The third-order valence-electron chi connectivity index (χ3n) is 4.53. The summed E-state index contributed by atoms with van der Waals surface area (Å²) < 4.78 is 40.0. The number of hydrogen-bond acceptors (Lipinski definition) is 4. The van der Waals surface area contributed by atoms with Crippen molar-refractivity contribution >= 4 is 22.9 Å². The molecular weight excluding hydrogens is 373 g/mol. The van der Waals surface area contributed by atoms with Gasteiger partial charge in [0.05, 0.1) is 11.0 Å². The van der Waals surface area contributed by atoms with Crippen LogP contribution in [0.15, 0.2) is 30.3 Å². The molecule has 0 radical (unpaired) electrons. The van der Waals surface area contributed by atoms with Gasteiger partial charge in [-0.1, -0.05) is 26.0 Å². The zero-order valence-corrected chi connectivity index (χ0v) is 15.5. The van der Waals surface area contributed by atoms with E-state index in [9.17, 15) is 18.0 Å². The van der Waals surface area contributed by atoms with Gasteiger partial charge < -0.3 is 9.47 Å². The first kappa shape index (κ1) is 19.9. The van der Waals surface area contributed by atoms with Crippen molar-refractivity contribution in [1.29, 1.82) is 0 Å². The van der Waals surface area contributed by atoms with Gasteiger partial charge in [0.15, 0.2) is 5.69 Å². The van der Waals surface area contributed by atoms with E-state index in [4.69, 9.17) is 0 Å². The maximum atomic E-state index is 12.7. The molecule has 0 fully saturated rings. The highest BCUT2D eigenvalue weighted by Gasteiger charge is 2.34. The van der Waals surface area contributed by atoms with Crippen molar-refractivity contribution in [3.63, 3.8) is 0 Å². The van der Waals surface area contributed by atoms with Gasteiger partial charge in [-0.2, -0.15) is 18.3 Å². The largest absolute Gasteiger partial charge is 0.432 e. The third kappa shape index (κ3) is 4.16. The Morgan fingerprint density at radius 2 is 1.96 bits per heavy atom. The van der Waals surface area contributed by atoms with Gasteiger partial charge in [-0.05, 0) is 25.2 Å². The van der Waals surface area contributed by atoms with E-state index in [0.29, 0.717) is 18.1 Å². The van der Waals surface area contributed by atoms with E-state index in [-0.39, 0.29) is 11.6 Å². The highest BCUT2D eigenvalue weighted by atomic mass is 19.4. The first-order chi connectivity index (χ1) is 13.3. The number of fused-ring (bicyclic) bond motifs is 1. The second kappa shape index (κ2) is 8.01. The summed E-state index contributed by atoms with van der Waals surface area (Å²) in [6.45, 7) is 7.22. The van der Waals surface area contributed by atoms with Gasteiger partial charge in [-0.25, -0.2) is 4.98 Å². The molecule has 0 aliphatic heterocycles. The number of carbonyl (C=O) groups excluding carboxylic acids is 1. The molecule has 0 aliphatic rings. The van der Waals surface area contributed by atoms with Crippen LogP contribution in [0.4, 0.5) is 19.1 Å². The summed E-state index contributed by atoms with van der Waals surface area (Å²) in [7, 11) is 0. The molecule has 0 unspecified atom stereocenters. The molecule has 3 aromatic rings. The van der Waals surface area contributed by atoms with Crippen molar-refractivity contribution in [3.05, 3.63) is 41.7 Å². The molecule has 2 N–H and O–H groups in total. The Morgan fingerprint density at radius 1 is 1.25 bits per heavy atom. The normalized spacial score (nSPS) is 12.1. The van der Waals surface area contributed by atoms with Crippen molar-refractivity contribution < 1.29 is 18.0 Å². The number of imidazole rings is 1. The number of rotatable bonds is 7. The fraction of sp³-hybridized carbons (Fsp3) is 0.389. The van der Waals surface area contributed by atoms with E-state index in [1.807, 2.05) is 33.9 Å². The summed E-state index contributed by atoms with van der Waals surface area (Å²) in [4.78, 5) is 19.1. The van der Waals surface area contributed by atoms with Gasteiger partial charge in [-0.3, -0.25) is 15.2 Å². The molecule has 1 amide bonds. The number of nitrogens with one attached hydrogen (secondary N) is 2. The van der Waals surface area contributed by atoms with Crippen molar-refractivity contribution in [3.8, 4) is 0 Å². The van der Waals surface area contributed by atoms with Crippen molar-refractivity contribution in [2.24, 2.45) is 0 Å². The second-order valence-electron chi connectivity index (χ2n) is 6.22. The molecule has 0 saturated heterocycles. The summed E-state index contributed by atoms with van der Waals surface area (Å²) in [5.41, 5.74) is 0.0979. The number of para-hydroxylation sites is 2. The molecule has 150 valence electrons. The van der Waals surface area contributed by atoms with Crippen LogP contribution in [-0.2, 0) is 12.7 Å². The summed E-state index contributed by atoms with van der Waals surface area (Å²) in [6.07, 6.45) is -4.59. The topological polar surface area (TPSA) is 78.8 Å². The van der Waals surface area contributed by atoms with E-state index >= 15 is 0 Å². The number of halogens is 3. The Labute approximate surface area is 159 Å². The van der Waals surface area contributed by atoms with Crippen LogP contribution in [0.1, 0.15) is 30.0 Å². The molecule has 3 rings (SSSR count). The maximum Gasteiger partial charge on any atom is 0.432 e. The lowest BCUT2D eigenvalue weighted by Gasteiger charge is -2.19. The molecule has 0 aliphatic carbocycles. The van der Waals surface area contributed by atoms with Crippen LogP contribution in [0.5, 0.6) is 0 Å². The Balaban J connectivity index is 1.86. The second-order valence-corrected chi connectivity index (χ2v) is 6.22. The molecular formula is C18H21F3N6O. The number of anilines is 1. The lowest BCUT2D eigenvalue weighted by molar-refractivity contribution is -0.141. The number of aromatic amines is 1. The van der Waals surface area contributed by atoms with Gasteiger partial charge in [-0.15, -0.1) is 0 Å². The van der Waals surface area contributed by atoms with E-state index in [1.54, 1.807) is 0 Å². The van der Waals surface area contributed by atoms with E-state index < -0.39 is 17.8 Å². The fourth-order valence-corrected chi connectivity index (χ4v) is 2.93. The minimum absolute atomic E-state index is 0.273. The standard InChI is InChI=1S/C18H21F3N6O/c1-3-26(4-2)9-10-27-14-8-6-5-7-12(14)22-17(27)23-16(28)13-11-15(25-24-13)18(19,20)21/h5-8,11H,3-4,9-10H2,1-2H3,(H,24,25)(H,22,23,28). The van der Waals surface area contributed by atoms with Gasteiger partial charge in [0, 0.05) is 19.2 Å². The van der Waals surface area contributed by atoms with Gasteiger partial charge in [0.2, 0.25) is 5.95 Å². The number of aromatic nitrogens is 4. The van der Waals surface area contributed by atoms with Crippen LogP contribution in [0.2, 0.25) is 0 Å². The summed E-state index contributed by atoms with van der Waals surface area (Å²) in [5, 5.41) is 7.89. The number of benzene rings is 1. The number of alkyl halides is 3. The van der Waals surface area contributed by atoms with E-state index in [0.717, 1.165) is 25.2 Å². The van der Waals surface area contributed by atoms with Crippen molar-refractivity contribution in [2.45, 2.75) is 26.6 Å². The van der Waals surface area contributed by atoms with Gasteiger partial charge in [0.1, 0.15) is 5.69 Å². The minimum Gasteiger partial charge on any atom is -0.309 e. The highest BCUT2D eigenvalue weighted by molar-refractivity contribution is 6.02. The lowest BCUT2D eigenvalue weighted by Crippen LogP contribution is -2.27. The number of H-pyrrole nitrogens is 1. The number of likely N-dealkylation sites (N-methyl/N-ethyl adjacent to an activating group) is 1. The molecule has 10 heteroatoms. The molecule has 2 aromatic heterocycles. The van der Waals surface area contributed by atoms with Crippen LogP contribution in [0, 0.1) is 0 Å². The van der Waals surface area contributed by atoms with Crippen molar-refractivity contribution in [1.82, 2.24) is 24.6 Å². The predicted molar refractivity (Wildman–Crippen MR) is 99.1 cm³/mol. The van der Waals surface area contributed by atoms with Crippen LogP contribution >= 0.6 is 0 Å². The summed E-state index contributed by atoms with van der Waals surface area (Å²) >= 11 is 0. The zero-order valence-electron chi connectivity index (χ0n) is 15.5. The number of amides is 1. The van der Waals surface area contributed by atoms with Crippen LogP contribution < -0.4 is 5.32 Å². The van der Waals surface area contributed by atoms with E-state index in [2.05, 4.69) is 34.1 Å². The summed E-state index contributed by atoms with van der Waals surface area (Å²) in [6, 6.07) is 8.08. The molecule has 28 heavy (non-hydrogen) atoms. The number of carbonyl (C=O) groups is 1. The third-order valence-corrected chi connectivity index (χ3v) is 4.53. The Bertz CT molecular complexity index is 958. The molecule has 7 nitrogen and oxygen atoms in total. The molecule has 0 spiro atoms. The SMILES string of the molecule is CCN(CC)CCn1c(NC(=O)c2cc(C(F)(F)F)[nH]n2)nc2ccccc21. The van der Waals surface area contributed by atoms with Gasteiger partial charge in [0.25, 0.3) is 5.91 Å². The summed E-state index contributed by atoms with van der Waals surface area (Å²) in [5.74, 6) is -0.485. The smallest absolute Gasteiger partial charge is 0.309 e. The first-order valence-corrected chi connectivity index (χ1v) is 8.95. The minimum atomic E-state index is -4.59. The first-order valence-electron chi connectivity index (χ1n) is 8.95. The van der Waals surface area contributed by atoms with Gasteiger partial charge >= 0.3 is 6.18 Å². The van der Waals surface area contributed by atoms with E-state index in [1.165, 1.54) is 0 Å². The lowest BCUT2D eigenvalue weighted by atomic mass is 10.3. The highest BCUT2D eigenvalue weighted by Crippen LogP contribution is 2.28. The molecule has 0 saturated carbocycles. The Kier molecular flexibility index (Phi) is 5.68. The van der Waals surface area contributed by atoms with Crippen molar-refractivity contribution in [2.75, 3.05) is 25.0 Å². The number of nitrogens with zero attached hydrogens (tertiary/aromatic N) is 4. The van der Waals surface area contributed by atoms with Crippen LogP contribution in [0.25, 0.3) is 11.0 Å². The predicted octanol–water partition coefficient (Wildman–Crippen LogP) is 3.37. The average Bonchev–Trinajstić information content (AvgIpc) is 3.28. The quantitative estimate of drug-likeness (QED) is 0.644. The molecule has 2 heterocycles. The molecule has 0 atom stereocenters. The zero-order chi connectivity index (χ0) is 20.3. The number of hydrogen-bond donors (Lipinski definition) is 2. The van der Waals surface area contributed by atoms with Crippen LogP contribution in [0.3, 0.4) is 0 Å².